The number of hydrogen-bond donors (Lipinski definition) is 0. The summed E-state index contributed by atoms with van der Waals surface area (Å²) in [6.07, 6.45) is 1.97. The fourth-order valence-corrected chi connectivity index (χ4v) is 1.60. The van der Waals surface area contributed by atoms with Crippen molar-refractivity contribution in [2.24, 2.45) is 0 Å². The molecule has 0 amide bonds. The van der Waals surface area contributed by atoms with Gasteiger partial charge in [0.05, 0.1) is 11.2 Å². The average Bonchev–Trinajstić information content (AvgIpc) is 2.67. The molecule has 0 radical (unpaired) electrons. The van der Waals surface area contributed by atoms with Crippen LogP contribution in [0, 0.1) is 6.92 Å². The van der Waals surface area contributed by atoms with Crippen molar-refractivity contribution < 1.29 is 0 Å². The topological polar surface area (TPSA) is 30.7 Å². The lowest BCUT2D eigenvalue weighted by molar-refractivity contribution is 0.380. The van der Waals surface area contributed by atoms with E-state index in [1.165, 1.54) is 5.56 Å². The van der Waals surface area contributed by atoms with E-state index in [9.17, 15) is 0 Å². The smallest absolute Gasteiger partial charge is 0.0837 e. The highest BCUT2D eigenvalue weighted by molar-refractivity contribution is 5.23. The molecule has 0 unspecified atom stereocenters. The minimum atomic E-state index is -0.150. The summed E-state index contributed by atoms with van der Waals surface area (Å²) in [5, 5.41) is 8.15. The highest BCUT2D eigenvalue weighted by Gasteiger charge is 2.23. The van der Waals surface area contributed by atoms with E-state index in [2.05, 4.69) is 36.3 Å². The quantitative estimate of drug-likeness (QED) is 0.746. The Hall–Kier alpha value is -1.64. The second-order valence-corrected chi connectivity index (χ2v) is 4.23. The number of benzene rings is 1. The Balaban J connectivity index is 2.43. The van der Waals surface area contributed by atoms with Gasteiger partial charge in [-0.15, -0.1) is 5.10 Å². The monoisotopic (exact) mass is 201 g/mol. The molecule has 3 nitrogen and oxygen atoms in total. The van der Waals surface area contributed by atoms with Gasteiger partial charge in [0.2, 0.25) is 0 Å². The largest absolute Gasteiger partial charge is 0.242 e. The van der Waals surface area contributed by atoms with Gasteiger partial charge in [0.25, 0.3) is 0 Å². The van der Waals surface area contributed by atoms with Crippen LogP contribution in [0.4, 0.5) is 0 Å². The number of hydrogen-bond acceptors (Lipinski definition) is 2. The zero-order chi connectivity index (χ0) is 10.9. The van der Waals surface area contributed by atoms with Crippen LogP contribution >= 0.6 is 0 Å². The first-order valence-corrected chi connectivity index (χ1v) is 5.05. The van der Waals surface area contributed by atoms with Crippen LogP contribution in [0.1, 0.15) is 25.1 Å². The fraction of sp³-hybridized carbons (Fsp3) is 0.333. The maximum atomic E-state index is 4.13. The van der Waals surface area contributed by atoms with Gasteiger partial charge in [-0.2, -0.15) is 0 Å². The Labute approximate surface area is 89.7 Å². The van der Waals surface area contributed by atoms with Gasteiger partial charge >= 0.3 is 0 Å². The van der Waals surface area contributed by atoms with Crippen molar-refractivity contribution in [2.45, 2.75) is 26.3 Å². The predicted octanol–water partition coefficient (Wildman–Crippen LogP) is 2.37. The molecule has 0 spiro atoms. The predicted molar refractivity (Wildman–Crippen MR) is 59.6 cm³/mol. The summed E-state index contributed by atoms with van der Waals surface area (Å²) in [4.78, 5) is 0. The summed E-state index contributed by atoms with van der Waals surface area (Å²) in [5.41, 5.74) is 2.02. The third kappa shape index (κ3) is 1.77. The van der Waals surface area contributed by atoms with Crippen LogP contribution in [-0.4, -0.2) is 15.0 Å². The second kappa shape index (κ2) is 3.50. The minimum absolute atomic E-state index is 0.150. The molecule has 78 valence electrons. The summed E-state index contributed by atoms with van der Waals surface area (Å²) < 4.78 is 1.90. The Bertz CT molecular complexity index is 443. The number of aryl methyl sites for hydroxylation is 1. The van der Waals surface area contributed by atoms with Crippen molar-refractivity contribution >= 4 is 0 Å². The van der Waals surface area contributed by atoms with E-state index in [0.29, 0.717) is 0 Å². The van der Waals surface area contributed by atoms with E-state index in [-0.39, 0.29) is 5.54 Å². The highest BCUT2D eigenvalue weighted by atomic mass is 15.4. The Morgan fingerprint density at radius 1 is 1.13 bits per heavy atom. The molecule has 2 aromatic rings. The second-order valence-electron chi connectivity index (χ2n) is 4.23. The van der Waals surface area contributed by atoms with Crippen molar-refractivity contribution in [1.82, 2.24) is 15.0 Å². The lowest BCUT2D eigenvalue weighted by Gasteiger charge is -2.25. The third-order valence-corrected chi connectivity index (χ3v) is 2.66. The van der Waals surface area contributed by atoms with E-state index in [1.807, 2.05) is 36.0 Å². The van der Waals surface area contributed by atoms with Gasteiger partial charge in [-0.25, -0.2) is 4.68 Å². The van der Waals surface area contributed by atoms with Gasteiger partial charge < -0.3 is 0 Å². The summed E-state index contributed by atoms with van der Waals surface area (Å²) >= 11 is 0. The summed E-state index contributed by atoms with van der Waals surface area (Å²) in [5.74, 6) is 0. The molecule has 0 atom stereocenters. The van der Waals surface area contributed by atoms with E-state index >= 15 is 0 Å². The molecule has 0 saturated heterocycles. The van der Waals surface area contributed by atoms with Crippen molar-refractivity contribution in [2.75, 3.05) is 0 Å². The van der Waals surface area contributed by atoms with Gasteiger partial charge in [0.15, 0.2) is 0 Å². The van der Waals surface area contributed by atoms with Crippen LogP contribution in [0.5, 0.6) is 0 Å². The zero-order valence-electron chi connectivity index (χ0n) is 9.31. The van der Waals surface area contributed by atoms with Crippen molar-refractivity contribution in [3.63, 3.8) is 0 Å². The van der Waals surface area contributed by atoms with Gasteiger partial charge in [0, 0.05) is 6.20 Å². The molecule has 0 aliphatic rings. The fourth-order valence-electron chi connectivity index (χ4n) is 1.60. The number of aromatic nitrogens is 3. The first-order valence-electron chi connectivity index (χ1n) is 5.05. The molecular formula is C12H15N3. The molecule has 2 rings (SSSR count). The molecule has 0 fully saturated rings. The molecular weight excluding hydrogens is 186 g/mol. The Morgan fingerprint density at radius 2 is 1.80 bits per heavy atom. The van der Waals surface area contributed by atoms with Gasteiger partial charge in [-0.1, -0.05) is 35.5 Å². The van der Waals surface area contributed by atoms with Crippen molar-refractivity contribution in [3.8, 4) is 0 Å². The van der Waals surface area contributed by atoms with Crippen LogP contribution in [0.2, 0.25) is 0 Å². The van der Waals surface area contributed by atoms with Crippen molar-refractivity contribution in [3.05, 3.63) is 47.8 Å². The van der Waals surface area contributed by atoms with Crippen LogP contribution < -0.4 is 0 Å². The standard InChI is InChI=1S/C12H15N3/c1-10-9-15(14-13-10)12(2,3)11-7-5-4-6-8-11/h4-9H,1-3H3. The van der Waals surface area contributed by atoms with E-state index < -0.39 is 0 Å². The van der Waals surface area contributed by atoms with Gasteiger partial charge in [-0.05, 0) is 26.3 Å². The maximum absolute atomic E-state index is 4.13. The third-order valence-electron chi connectivity index (χ3n) is 2.66. The first-order chi connectivity index (χ1) is 7.10. The lowest BCUT2D eigenvalue weighted by Crippen LogP contribution is -2.28. The molecule has 15 heavy (non-hydrogen) atoms. The Kier molecular flexibility index (Phi) is 2.31. The number of nitrogens with zero attached hydrogens (tertiary/aromatic N) is 3. The van der Waals surface area contributed by atoms with E-state index in [1.54, 1.807) is 0 Å². The molecule has 1 heterocycles. The minimum Gasteiger partial charge on any atom is -0.242 e. The average molecular weight is 201 g/mol. The first kappa shape index (κ1) is 9.90. The number of rotatable bonds is 2. The van der Waals surface area contributed by atoms with Crippen LogP contribution in [-0.2, 0) is 5.54 Å². The molecule has 0 saturated carbocycles. The lowest BCUT2D eigenvalue weighted by atomic mass is 9.95. The van der Waals surface area contributed by atoms with Crippen LogP contribution in [0.25, 0.3) is 0 Å². The summed E-state index contributed by atoms with van der Waals surface area (Å²) in [7, 11) is 0. The normalized spacial score (nSPS) is 11.7. The van der Waals surface area contributed by atoms with Gasteiger partial charge in [-0.3, -0.25) is 0 Å². The summed E-state index contributed by atoms with van der Waals surface area (Å²) in [6.45, 7) is 6.22. The molecule has 0 bridgehead atoms. The Morgan fingerprint density at radius 3 is 2.33 bits per heavy atom. The van der Waals surface area contributed by atoms with E-state index in [4.69, 9.17) is 0 Å². The SMILES string of the molecule is Cc1cn(C(C)(C)c2ccccc2)nn1. The zero-order valence-corrected chi connectivity index (χ0v) is 9.31. The van der Waals surface area contributed by atoms with Gasteiger partial charge in [0.1, 0.15) is 0 Å². The highest BCUT2D eigenvalue weighted by Crippen LogP contribution is 2.23. The molecule has 0 aliphatic carbocycles. The molecule has 1 aromatic carbocycles. The van der Waals surface area contributed by atoms with Crippen LogP contribution in [0.15, 0.2) is 36.5 Å². The molecule has 1 aromatic heterocycles. The maximum Gasteiger partial charge on any atom is 0.0837 e. The summed E-state index contributed by atoms with van der Waals surface area (Å²) in [6, 6.07) is 10.3. The molecule has 0 aliphatic heterocycles. The van der Waals surface area contributed by atoms with E-state index in [0.717, 1.165) is 5.69 Å². The molecule has 3 heteroatoms. The molecule has 0 N–H and O–H groups in total. The van der Waals surface area contributed by atoms with Crippen LogP contribution in [0.3, 0.4) is 0 Å². The van der Waals surface area contributed by atoms with Crippen molar-refractivity contribution in [1.29, 1.82) is 0 Å².